The zero-order chi connectivity index (χ0) is 13.9. The topological polar surface area (TPSA) is 28.2 Å². The Hall–Kier alpha value is -1.09. The summed E-state index contributed by atoms with van der Waals surface area (Å²) in [6, 6.07) is 2.69. The molecular weight excluding hydrogens is 234 g/mol. The number of rotatable bonds is 4. The predicted molar refractivity (Wildman–Crippen MR) is 81.7 cm³/mol. The van der Waals surface area contributed by atoms with Crippen LogP contribution in [0.15, 0.2) is 18.5 Å². The van der Waals surface area contributed by atoms with Gasteiger partial charge in [-0.05, 0) is 37.8 Å². The van der Waals surface area contributed by atoms with E-state index in [4.69, 9.17) is 0 Å². The van der Waals surface area contributed by atoms with Gasteiger partial charge in [0.2, 0.25) is 0 Å². The fourth-order valence-corrected chi connectivity index (χ4v) is 3.08. The third-order valence-electron chi connectivity index (χ3n) is 4.77. The van der Waals surface area contributed by atoms with Gasteiger partial charge >= 0.3 is 0 Å². The van der Waals surface area contributed by atoms with Crippen molar-refractivity contribution in [1.29, 1.82) is 0 Å². The molecule has 3 nitrogen and oxygen atoms in total. The molecule has 1 fully saturated rings. The summed E-state index contributed by atoms with van der Waals surface area (Å²) in [4.78, 5) is 6.90. The Bertz CT molecular complexity index is 412. The minimum Gasteiger partial charge on any atom is -0.364 e. The van der Waals surface area contributed by atoms with Crippen LogP contribution in [0.2, 0.25) is 0 Å². The molecule has 0 bridgehead atoms. The van der Waals surface area contributed by atoms with Gasteiger partial charge in [0, 0.05) is 30.9 Å². The first-order valence-corrected chi connectivity index (χ1v) is 7.58. The monoisotopic (exact) mass is 261 g/mol. The van der Waals surface area contributed by atoms with Crippen LogP contribution in [0.1, 0.15) is 45.6 Å². The zero-order valence-corrected chi connectivity index (χ0v) is 12.7. The van der Waals surface area contributed by atoms with Crippen LogP contribution in [-0.2, 0) is 0 Å². The highest BCUT2D eigenvalue weighted by Gasteiger charge is 2.36. The maximum absolute atomic E-state index is 4.33. The summed E-state index contributed by atoms with van der Waals surface area (Å²) in [5.41, 5.74) is 2.90. The highest BCUT2D eigenvalue weighted by molar-refractivity contribution is 5.53. The quantitative estimate of drug-likeness (QED) is 0.902. The molecule has 1 N–H and O–H groups in total. The first-order valence-electron chi connectivity index (χ1n) is 7.58. The van der Waals surface area contributed by atoms with Crippen LogP contribution in [0.25, 0.3) is 0 Å². The molecule has 1 aromatic rings. The maximum atomic E-state index is 4.33. The second-order valence-corrected chi connectivity index (χ2v) is 5.72. The van der Waals surface area contributed by atoms with Crippen LogP contribution in [0.5, 0.6) is 0 Å². The molecule has 2 heterocycles. The summed E-state index contributed by atoms with van der Waals surface area (Å²) >= 11 is 0. The third-order valence-corrected chi connectivity index (χ3v) is 4.77. The summed E-state index contributed by atoms with van der Waals surface area (Å²) in [7, 11) is 0. The maximum Gasteiger partial charge on any atom is 0.0586 e. The van der Waals surface area contributed by atoms with Crippen molar-refractivity contribution in [3.8, 4) is 0 Å². The number of nitrogens with zero attached hydrogens (tertiary/aromatic N) is 2. The lowest BCUT2D eigenvalue weighted by atomic mass is 9.87. The molecule has 1 aliphatic rings. The van der Waals surface area contributed by atoms with E-state index in [2.05, 4.69) is 49.0 Å². The number of aromatic nitrogens is 1. The van der Waals surface area contributed by atoms with Crippen molar-refractivity contribution < 1.29 is 0 Å². The van der Waals surface area contributed by atoms with Crippen LogP contribution < -0.4 is 10.2 Å². The van der Waals surface area contributed by atoms with Crippen molar-refractivity contribution in [2.75, 3.05) is 18.0 Å². The van der Waals surface area contributed by atoms with Crippen LogP contribution in [-0.4, -0.2) is 29.7 Å². The summed E-state index contributed by atoms with van der Waals surface area (Å²) in [6.07, 6.45) is 7.44. The summed E-state index contributed by atoms with van der Waals surface area (Å²) in [5, 5.41) is 3.79. The fraction of sp³-hybridized carbons (Fsp3) is 0.688. The Labute approximate surface area is 117 Å². The van der Waals surface area contributed by atoms with E-state index >= 15 is 0 Å². The van der Waals surface area contributed by atoms with Gasteiger partial charge in [-0.2, -0.15) is 0 Å². The second-order valence-electron chi connectivity index (χ2n) is 5.72. The number of hydrogen-bond acceptors (Lipinski definition) is 3. The normalized spacial score (nSPS) is 22.5. The minimum atomic E-state index is 0.258. The Morgan fingerprint density at radius 3 is 2.68 bits per heavy atom. The molecule has 2 rings (SSSR count). The Balaban J connectivity index is 2.31. The average molecular weight is 261 g/mol. The van der Waals surface area contributed by atoms with Crippen LogP contribution in [0.4, 0.5) is 5.69 Å². The lowest BCUT2D eigenvalue weighted by Gasteiger charge is -2.48. The molecule has 0 amide bonds. The molecule has 106 valence electrons. The summed E-state index contributed by atoms with van der Waals surface area (Å²) in [6.45, 7) is 11.2. The van der Waals surface area contributed by atoms with E-state index in [-0.39, 0.29) is 5.54 Å². The third kappa shape index (κ3) is 2.76. The molecule has 0 aliphatic carbocycles. The Kier molecular flexibility index (Phi) is 4.46. The smallest absolute Gasteiger partial charge is 0.0586 e. The van der Waals surface area contributed by atoms with E-state index < -0.39 is 0 Å². The molecule has 1 aromatic heterocycles. The first-order chi connectivity index (χ1) is 9.15. The molecular formula is C16H27N3. The van der Waals surface area contributed by atoms with Gasteiger partial charge in [-0.3, -0.25) is 4.98 Å². The molecule has 0 spiro atoms. The van der Waals surface area contributed by atoms with E-state index in [0.717, 1.165) is 13.1 Å². The highest BCUT2D eigenvalue weighted by atomic mass is 15.3. The highest BCUT2D eigenvalue weighted by Crippen LogP contribution is 2.29. The van der Waals surface area contributed by atoms with Gasteiger partial charge in [0.25, 0.3) is 0 Å². The fourth-order valence-electron chi connectivity index (χ4n) is 3.08. The number of pyridine rings is 1. The number of nitrogens with one attached hydrogen (secondary N) is 1. The van der Waals surface area contributed by atoms with Crippen molar-refractivity contribution in [2.24, 2.45) is 0 Å². The number of anilines is 1. The lowest BCUT2D eigenvalue weighted by Crippen LogP contribution is -2.64. The van der Waals surface area contributed by atoms with E-state index in [1.807, 2.05) is 12.4 Å². The van der Waals surface area contributed by atoms with Crippen LogP contribution in [0, 0.1) is 6.92 Å². The molecule has 3 heteroatoms. The van der Waals surface area contributed by atoms with Gasteiger partial charge in [0.15, 0.2) is 0 Å². The average Bonchev–Trinajstić information content (AvgIpc) is 2.47. The number of piperazine rings is 1. The van der Waals surface area contributed by atoms with Crippen LogP contribution in [0.3, 0.4) is 0 Å². The lowest BCUT2D eigenvalue weighted by molar-refractivity contribution is 0.246. The molecule has 1 unspecified atom stereocenters. The molecule has 0 radical (unpaired) electrons. The molecule has 1 atom stereocenters. The van der Waals surface area contributed by atoms with Crippen molar-refractivity contribution in [3.63, 3.8) is 0 Å². The van der Waals surface area contributed by atoms with Crippen molar-refractivity contribution in [1.82, 2.24) is 10.3 Å². The summed E-state index contributed by atoms with van der Waals surface area (Å²) in [5.74, 6) is 0. The summed E-state index contributed by atoms with van der Waals surface area (Å²) < 4.78 is 0. The molecule has 1 aliphatic heterocycles. The molecule has 19 heavy (non-hydrogen) atoms. The molecule has 0 aromatic carbocycles. The number of hydrogen-bond donors (Lipinski definition) is 1. The SMILES string of the molecule is CCC1CNC(CC)(CC)CN1c1cnccc1C. The predicted octanol–water partition coefficient (Wildman–Crippen LogP) is 3.14. The van der Waals surface area contributed by atoms with E-state index in [9.17, 15) is 0 Å². The van der Waals surface area contributed by atoms with Gasteiger partial charge in [0.1, 0.15) is 0 Å². The first kappa shape index (κ1) is 14.3. The van der Waals surface area contributed by atoms with Gasteiger partial charge in [-0.15, -0.1) is 0 Å². The van der Waals surface area contributed by atoms with E-state index in [0.29, 0.717) is 6.04 Å². The van der Waals surface area contributed by atoms with Gasteiger partial charge in [0.05, 0.1) is 11.9 Å². The second kappa shape index (κ2) is 5.91. The number of aryl methyl sites for hydroxylation is 1. The largest absolute Gasteiger partial charge is 0.364 e. The standard InChI is InChI=1S/C16H27N3/c1-5-14-10-18-16(6-2,7-3)12-19(14)15-11-17-9-8-13(15)4/h8-9,11,14,18H,5-7,10,12H2,1-4H3. The van der Waals surface area contributed by atoms with Gasteiger partial charge in [-0.25, -0.2) is 0 Å². The van der Waals surface area contributed by atoms with Crippen molar-refractivity contribution in [2.45, 2.75) is 58.5 Å². The Morgan fingerprint density at radius 1 is 1.37 bits per heavy atom. The van der Waals surface area contributed by atoms with Gasteiger partial charge in [-0.1, -0.05) is 20.8 Å². The molecule has 1 saturated heterocycles. The Morgan fingerprint density at radius 2 is 2.11 bits per heavy atom. The van der Waals surface area contributed by atoms with Crippen molar-refractivity contribution in [3.05, 3.63) is 24.0 Å². The minimum absolute atomic E-state index is 0.258. The van der Waals surface area contributed by atoms with E-state index in [1.54, 1.807) is 0 Å². The van der Waals surface area contributed by atoms with Crippen LogP contribution >= 0.6 is 0 Å². The van der Waals surface area contributed by atoms with Crippen molar-refractivity contribution >= 4 is 5.69 Å². The zero-order valence-electron chi connectivity index (χ0n) is 12.7. The van der Waals surface area contributed by atoms with Gasteiger partial charge < -0.3 is 10.2 Å². The van der Waals surface area contributed by atoms with E-state index in [1.165, 1.54) is 30.5 Å². The molecule has 0 saturated carbocycles.